The van der Waals surface area contributed by atoms with Crippen molar-refractivity contribution in [2.45, 2.75) is 26.2 Å². The van der Waals surface area contributed by atoms with Crippen LogP contribution < -0.4 is 5.32 Å². The zero-order valence-electron chi connectivity index (χ0n) is 8.55. The Morgan fingerprint density at radius 3 is 2.86 bits per heavy atom. The summed E-state index contributed by atoms with van der Waals surface area (Å²) in [5.74, 6) is 1.71. The minimum absolute atomic E-state index is 0.453. The second kappa shape index (κ2) is 8.33. The molecule has 0 aliphatic heterocycles. The van der Waals surface area contributed by atoms with Crippen LogP contribution in [0, 0.1) is 12.3 Å². The highest BCUT2D eigenvalue weighted by Crippen LogP contribution is 1.98. The summed E-state index contributed by atoms with van der Waals surface area (Å²) in [6.07, 6.45) is 9.04. The van der Waals surface area contributed by atoms with Crippen LogP contribution in [0.25, 0.3) is 0 Å². The number of hydrogen-bond donors (Lipinski definition) is 2. The number of carboxylic acids is 1. The molecule has 0 saturated heterocycles. The highest BCUT2D eigenvalue weighted by molar-refractivity contribution is 5.86. The van der Waals surface area contributed by atoms with Crippen molar-refractivity contribution in [3.8, 4) is 12.3 Å². The number of nitrogens with one attached hydrogen (secondary N) is 1. The molecule has 0 aromatic heterocycles. The van der Waals surface area contributed by atoms with Crippen molar-refractivity contribution in [2.24, 2.45) is 0 Å². The highest BCUT2D eigenvalue weighted by atomic mass is 16.4. The molecule has 0 radical (unpaired) electrons. The maximum absolute atomic E-state index is 10.6. The van der Waals surface area contributed by atoms with Gasteiger partial charge < -0.3 is 10.4 Å². The van der Waals surface area contributed by atoms with E-state index in [1.807, 2.05) is 6.92 Å². The molecule has 3 heteroatoms. The second-order valence-electron chi connectivity index (χ2n) is 2.90. The number of unbranched alkanes of at least 4 members (excludes halogenated alkanes) is 1. The Bertz CT molecular complexity index is 238. The Balaban J connectivity index is 3.59. The van der Waals surface area contributed by atoms with Gasteiger partial charge in [-0.3, -0.25) is 0 Å². The van der Waals surface area contributed by atoms with Gasteiger partial charge in [0.2, 0.25) is 0 Å². The molecule has 3 nitrogen and oxygen atoms in total. The number of aliphatic carboxylic acids is 1. The first kappa shape index (κ1) is 12.7. The van der Waals surface area contributed by atoms with Gasteiger partial charge >= 0.3 is 5.97 Å². The normalized spacial score (nSPS) is 11.0. The lowest BCUT2D eigenvalue weighted by Crippen LogP contribution is -2.16. The Hall–Kier alpha value is -1.27. The first-order valence-corrected chi connectivity index (χ1v) is 4.78. The minimum atomic E-state index is -0.835. The molecule has 78 valence electrons. The third-order valence-electron chi connectivity index (χ3n) is 1.82. The standard InChI is InChI=1S/C11H17NO2/c1-3-5-6-8-12-9-7-10(4-2)11(13)14/h1,7,12H,4-6,8-9H2,2H3,(H,13,14). The lowest BCUT2D eigenvalue weighted by atomic mass is 10.2. The SMILES string of the molecule is C#CCCCNCC=C(CC)C(=O)O. The van der Waals surface area contributed by atoms with Crippen LogP contribution >= 0.6 is 0 Å². The molecule has 0 aliphatic rings. The summed E-state index contributed by atoms with van der Waals surface area (Å²) in [4.78, 5) is 10.6. The van der Waals surface area contributed by atoms with Crippen LogP contribution in [0.4, 0.5) is 0 Å². The molecule has 0 amide bonds. The molecule has 0 fully saturated rings. The van der Waals surface area contributed by atoms with Crippen LogP contribution in [0.15, 0.2) is 11.6 Å². The fraction of sp³-hybridized carbons (Fsp3) is 0.545. The smallest absolute Gasteiger partial charge is 0.331 e. The van der Waals surface area contributed by atoms with E-state index < -0.39 is 5.97 Å². The van der Waals surface area contributed by atoms with Crippen LogP contribution in [0.1, 0.15) is 26.2 Å². The van der Waals surface area contributed by atoms with Crippen molar-refractivity contribution in [3.63, 3.8) is 0 Å². The molecular weight excluding hydrogens is 178 g/mol. The van der Waals surface area contributed by atoms with Gasteiger partial charge in [0.15, 0.2) is 0 Å². The Kier molecular flexibility index (Phi) is 7.58. The van der Waals surface area contributed by atoms with Gasteiger partial charge in [0.25, 0.3) is 0 Å². The summed E-state index contributed by atoms with van der Waals surface area (Å²) < 4.78 is 0. The van der Waals surface area contributed by atoms with Crippen molar-refractivity contribution in [3.05, 3.63) is 11.6 Å². The first-order valence-electron chi connectivity index (χ1n) is 4.78. The molecule has 0 aliphatic carbocycles. The zero-order valence-corrected chi connectivity index (χ0v) is 8.55. The van der Waals surface area contributed by atoms with Crippen LogP contribution in [-0.2, 0) is 4.79 Å². The van der Waals surface area contributed by atoms with Gasteiger partial charge in [-0.1, -0.05) is 13.0 Å². The minimum Gasteiger partial charge on any atom is -0.478 e. The van der Waals surface area contributed by atoms with Crippen molar-refractivity contribution in [1.82, 2.24) is 5.32 Å². The lowest BCUT2D eigenvalue weighted by Gasteiger charge is -2.00. The van der Waals surface area contributed by atoms with Crippen LogP contribution in [0.3, 0.4) is 0 Å². The van der Waals surface area contributed by atoms with E-state index in [9.17, 15) is 4.79 Å². The quantitative estimate of drug-likeness (QED) is 0.367. The summed E-state index contributed by atoms with van der Waals surface area (Å²) in [7, 11) is 0. The topological polar surface area (TPSA) is 49.3 Å². The van der Waals surface area contributed by atoms with E-state index >= 15 is 0 Å². The summed E-state index contributed by atoms with van der Waals surface area (Å²) in [5.41, 5.74) is 0.453. The van der Waals surface area contributed by atoms with Crippen molar-refractivity contribution in [2.75, 3.05) is 13.1 Å². The van der Waals surface area contributed by atoms with Crippen molar-refractivity contribution < 1.29 is 9.90 Å². The predicted octanol–water partition coefficient (Wildman–Crippen LogP) is 1.41. The zero-order chi connectivity index (χ0) is 10.8. The Labute approximate surface area is 85.2 Å². The van der Waals surface area contributed by atoms with Gasteiger partial charge in [0.1, 0.15) is 0 Å². The van der Waals surface area contributed by atoms with Crippen LogP contribution in [0.5, 0.6) is 0 Å². The van der Waals surface area contributed by atoms with Crippen LogP contribution in [-0.4, -0.2) is 24.2 Å². The van der Waals surface area contributed by atoms with E-state index in [2.05, 4.69) is 11.2 Å². The van der Waals surface area contributed by atoms with Gasteiger partial charge in [-0.15, -0.1) is 12.3 Å². The third kappa shape index (κ3) is 6.27. The first-order chi connectivity index (χ1) is 6.72. The molecule has 0 unspecified atom stereocenters. The van der Waals surface area contributed by atoms with E-state index in [1.54, 1.807) is 6.08 Å². The Morgan fingerprint density at radius 1 is 1.64 bits per heavy atom. The number of terminal acetylenes is 1. The van der Waals surface area contributed by atoms with E-state index in [4.69, 9.17) is 11.5 Å². The van der Waals surface area contributed by atoms with Crippen molar-refractivity contribution in [1.29, 1.82) is 0 Å². The van der Waals surface area contributed by atoms with Gasteiger partial charge in [0.05, 0.1) is 0 Å². The summed E-state index contributed by atoms with van der Waals surface area (Å²) in [5, 5.41) is 11.8. The van der Waals surface area contributed by atoms with Gasteiger partial charge in [-0.05, 0) is 19.4 Å². The average Bonchev–Trinajstić information content (AvgIpc) is 2.16. The molecule has 0 aromatic rings. The molecule has 0 atom stereocenters. The number of hydrogen-bond acceptors (Lipinski definition) is 2. The predicted molar refractivity (Wildman–Crippen MR) is 56.9 cm³/mol. The maximum Gasteiger partial charge on any atom is 0.331 e. The summed E-state index contributed by atoms with van der Waals surface area (Å²) in [6.45, 7) is 3.26. The molecule has 0 aromatic carbocycles. The van der Waals surface area contributed by atoms with E-state index in [-0.39, 0.29) is 0 Å². The average molecular weight is 195 g/mol. The van der Waals surface area contributed by atoms with E-state index in [0.717, 1.165) is 19.4 Å². The Morgan fingerprint density at radius 2 is 2.36 bits per heavy atom. The second-order valence-corrected chi connectivity index (χ2v) is 2.90. The van der Waals surface area contributed by atoms with Crippen molar-refractivity contribution >= 4 is 5.97 Å². The molecule has 0 rings (SSSR count). The maximum atomic E-state index is 10.6. The molecule has 0 spiro atoms. The van der Waals surface area contributed by atoms with Gasteiger partial charge in [-0.2, -0.15) is 0 Å². The fourth-order valence-electron chi connectivity index (χ4n) is 0.996. The molecule has 2 N–H and O–H groups in total. The highest BCUT2D eigenvalue weighted by Gasteiger charge is 2.01. The number of carboxylic acid groups (broad SMARTS) is 1. The molecule has 14 heavy (non-hydrogen) atoms. The molecule has 0 saturated carbocycles. The summed E-state index contributed by atoms with van der Waals surface area (Å²) in [6, 6.07) is 0. The molecule has 0 heterocycles. The fourth-order valence-corrected chi connectivity index (χ4v) is 0.996. The molecular formula is C11H17NO2. The van der Waals surface area contributed by atoms with E-state index in [1.165, 1.54) is 0 Å². The van der Waals surface area contributed by atoms with E-state index in [0.29, 0.717) is 18.5 Å². The van der Waals surface area contributed by atoms with Crippen LogP contribution in [0.2, 0.25) is 0 Å². The number of rotatable bonds is 7. The van der Waals surface area contributed by atoms with Gasteiger partial charge in [0, 0.05) is 18.5 Å². The monoisotopic (exact) mass is 195 g/mol. The summed E-state index contributed by atoms with van der Waals surface area (Å²) >= 11 is 0. The number of carbonyl (C=O) groups is 1. The third-order valence-corrected chi connectivity index (χ3v) is 1.82. The molecule has 0 bridgehead atoms. The largest absolute Gasteiger partial charge is 0.478 e. The van der Waals surface area contributed by atoms with Gasteiger partial charge in [-0.25, -0.2) is 4.79 Å². The lowest BCUT2D eigenvalue weighted by molar-refractivity contribution is -0.132.